The summed E-state index contributed by atoms with van der Waals surface area (Å²) < 4.78 is 0. The van der Waals surface area contributed by atoms with E-state index in [2.05, 4.69) is 47.7 Å². The lowest BCUT2D eigenvalue weighted by Crippen LogP contribution is -2.47. The van der Waals surface area contributed by atoms with Gasteiger partial charge in [0.15, 0.2) is 0 Å². The molecule has 5 nitrogen and oxygen atoms in total. The van der Waals surface area contributed by atoms with Crippen LogP contribution in [0.2, 0.25) is 0 Å². The summed E-state index contributed by atoms with van der Waals surface area (Å²) in [6, 6.07) is 8.74. The van der Waals surface area contributed by atoms with E-state index in [1.54, 1.807) is 11.1 Å². The van der Waals surface area contributed by atoms with Crippen LogP contribution in [0.5, 0.6) is 0 Å². The van der Waals surface area contributed by atoms with E-state index in [0.717, 1.165) is 26.2 Å². The molecule has 188 valence electrons. The van der Waals surface area contributed by atoms with Crippen molar-refractivity contribution in [3.8, 4) is 0 Å². The predicted molar refractivity (Wildman–Crippen MR) is 143 cm³/mol. The summed E-state index contributed by atoms with van der Waals surface area (Å²) in [6.45, 7) is 21.0. The zero-order valence-electron chi connectivity index (χ0n) is 22.2. The first kappa shape index (κ1) is 32.8. The Morgan fingerprint density at radius 1 is 0.969 bits per heavy atom. The van der Waals surface area contributed by atoms with Gasteiger partial charge in [0.05, 0.1) is 6.10 Å². The van der Waals surface area contributed by atoms with Crippen molar-refractivity contribution in [1.29, 1.82) is 0 Å². The summed E-state index contributed by atoms with van der Waals surface area (Å²) >= 11 is 0. The summed E-state index contributed by atoms with van der Waals surface area (Å²) in [5.41, 5.74) is 15.0. The van der Waals surface area contributed by atoms with Crippen LogP contribution in [0.4, 0.5) is 0 Å². The summed E-state index contributed by atoms with van der Waals surface area (Å²) in [7, 11) is 2.12. The molecule has 0 amide bonds. The minimum Gasteiger partial charge on any atom is -0.402 e. The van der Waals surface area contributed by atoms with E-state index >= 15 is 0 Å². The van der Waals surface area contributed by atoms with Crippen molar-refractivity contribution in [2.24, 2.45) is 17.4 Å². The average Bonchev–Trinajstić information content (AvgIpc) is 3.32. The van der Waals surface area contributed by atoms with Gasteiger partial charge in [0, 0.05) is 50.9 Å². The van der Waals surface area contributed by atoms with Crippen molar-refractivity contribution in [2.45, 2.75) is 73.3 Å². The number of hydrogen-bond acceptors (Lipinski definition) is 5. The number of benzene rings is 1. The highest BCUT2D eigenvalue weighted by molar-refractivity contribution is 5.30. The Hall–Kier alpha value is -1.40. The molecule has 1 heterocycles. The van der Waals surface area contributed by atoms with Crippen LogP contribution >= 0.6 is 0 Å². The van der Waals surface area contributed by atoms with Gasteiger partial charge in [-0.2, -0.15) is 0 Å². The van der Waals surface area contributed by atoms with Crippen LogP contribution in [0.15, 0.2) is 36.5 Å². The highest BCUT2D eigenvalue weighted by atomic mass is 16.3. The van der Waals surface area contributed by atoms with E-state index < -0.39 is 0 Å². The first-order valence-corrected chi connectivity index (χ1v) is 12.8. The Labute approximate surface area is 199 Å². The minimum absolute atomic E-state index is 0.0254. The smallest absolute Gasteiger partial charge is 0.0674 e. The molecule has 0 radical (unpaired) electrons. The predicted octanol–water partition coefficient (Wildman–Crippen LogP) is 4.29. The van der Waals surface area contributed by atoms with E-state index in [1.807, 2.05) is 41.5 Å². The summed E-state index contributed by atoms with van der Waals surface area (Å²) in [5, 5.41) is 10.0. The van der Waals surface area contributed by atoms with E-state index in [0.29, 0.717) is 25.2 Å². The topological polar surface area (TPSA) is 78.7 Å². The molecular weight excluding hydrogens is 396 g/mol. The van der Waals surface area contributed by atoms with Gasteiger partial charge < -0.3 is 21.5 Å². The van der Waals surface area contributed by atoms with E-state index in [1.165, 1.54) is 19.3 Å². The maximum atomic E-state index is 10.0. The van der Waals surface area contributed by atoms with Crippen molar-refractivity contribution in [3.63, 3.8) is 0 Å². The molecule has 1 aliphatic carbocycles. The lowest BCUT2D eigenvalue weighted by molar-refractivity contribution is 0.0694. The SMILES string of the molecule is C=C(N)C(CN)CC(O)CN1CCN(C)CC1.CC.CC.CC.c1ccc2c(c1)CCC2. The molecule has 1 aromatic carbocycles. The molecular formula is C27H54N4O. The number of fused-ring (bicyclic) bond motifs is 1. The molecule has 1 aliphatic heterocycles. The number of aliphatic hydroxyl groups is 1. The van der Waals surface area contributed by atoms with E-state index in [9.17, 15) is 5.11 Å². The van der Waals surface area contributed by atoms with Crippen LogP contribution in [-0.4, -0.2) is 67.3 Å². The zero-order chi connectivity index (χ0) is 24.9. The van der Waals surface area contributed by atoms with Crippen molar-refractivity contribution in [3.05, 3.63) is 47.7 Å². The standard InChI is InChI=1S/C12H26N4O.C9H10.3C2H6/c1-10(14)11(8-13)7-12(17)9-16-5-3-15(2)4-6-16;1-2-5-9-7-3-6-8(9)4-1;3*1-2/h11-12,17H,1,3-9,13-14H2,2H3;1-2,4-5H,3,6-7H2;3*1-2H3. The second kappa shape index (κ2) is 21.4. The van der Waals surface area contributed by atoms with Crippen molar-refractivity contribution < 1.29 is 5.11 Å². The second-order valence-corrected chi connectivity index (χ2v) is 7.62. The van der Waals surface area contributed by atoms with Crippen LogP contribution < -0.4 is 11.5 Å². The largest absolute Gasteiger partial charge is 0.402 e. The molecule has 5 heteroatoms. The van der Waals surface area contributed by atoms with Gasteiger partial charge in [-0.1, -0.05) is 72.4 Å². The van der Waals surface area contributed by atoms with Crippen LogP contribution in [-0.2, 0) is 12.8 Å². The Kier molecular flexibility index (Phi) is 22.0. The van der Waals surface area contributed by atoms with Crippen molar-refractivity contribution >= 4 is 0 Å². The van der Waals surface area contributed by atoms with Gasteiger partial charge in [0.25, 0.3) is 0 Å². The number of rotatable bonds is 6. The van der Waals surface area contributed by atoms with Gasteiger partial charge in [-0.3, -0.25) is 4.90 Å². The second-order valence-electron chi connectivity index (χ2n) is 7.62. The molecule has 0 bridgehead atoms. The third-order valence-corrected chi connectivity index (χ3v) is 5.44. The summed E-state index contributed by atoms with van der Waals surface area (Å²) in [5.74, 6) is 0.0254. The van der Waals surface area contributed by atoms with E-state index in [-0.39, 0.29) is 12.0 Å². The number of nitrogens with zero attached hydrogens (tertiary/aromatic N) is 2. The third-order valence-electron chi connectivity index (χ3n) is 5.44. The Morgan fingerprint density at radius 2 is 1.44 bits per heavy atom. The molecule has 32 heavy (non-hydrogen) atoms. The van der Waals surface area contributed by atoms with Crippen LogP contribution in [0.3, 0.4) is 0 Å². The van der Waals surface area contributed by atoms with Gasteiger partial charge in [-0.05, 0) is 43.9 Å². The van der Waals surface area contributed by atoms with Crippen LogP contribution in [0, 0.1) is 5.92 Å². The fourth-order valence-electron chi connectivity index (χ4n) is 3.64. The molecule has 3 rings (SSSR count). The lowest BCUT2D eigenvalue weighted by Gasteiger charge is -2.34. The number of hydrogen-bond donors (Lipinski definition) is 3. The number of nitrogens with two attached hydrogens (primary N) is 2. The van der Waals surface area contributed by atoms with Gasteiger partial charge >= 0.3 is 0 Å². The maximum Gasteiger partial charge on any atom is 0.0674 e. The quantitative estimate of drug-likeness (QED) is 0.603. The Bertz CT molecular complexity index is 533. The third kappa shape index (κ3) is 13.9. The Morgan fingerprint density at radius 3 is 1.84 bits per heavy atom. The van der Waals surface area contributed by atoms with Crippen LogP contribution in [0.25, 0.3) is 0 Å². The zero-order valence-corrected chi connectivity index (χ0v) is 22.2. The Balaban J connectivity index is 0. The fourth-order valence-corrected chi connectivity index (χ4v) is 3.64. The fraction of sp³-hybridized carbons (Fsp3) is 0.704. The average molecular weight is 451 g/mol. The number of β-amino-alcohol motifs (C(OH)–C–C–N with tert-alkyl or cyclic N) is 1. The molecule has 1 fully saturated rings. The van der Waals surface area contributed by atoms with E-state index in [4.69, 9.17) is 11.5 Å². The van der Waals surface area contributed by atoms with Crippen LogP contribution in [0.1, 0.15) is 65.5 Å². The molecule has 5 N–H and O–H groups in total. The van der Waals surface area contributed by atoms with Crippen molar-refractivity contribution in [2.75, 3.05) is 46.3 Å². The molecule has 1 aromatic rings. The van der Waals surface area contributed by atoms with Gasteiger partial charge in [0.2, 0.25) is 0 Å². The number of piperazine rings is 1. The highest BCUT2D eigenvalue weighted by Crippen LogP contribution is 2.20. The summed E-state index contributed by atoms with van der Waals surface area (Å²) in [6.07, 6.45) is 4.20. The minimum atomic E-state index is -0.368. The highest BCUT2D eigenvalue weighted by Gasteiger charge is 2.20. The molecule has 2 atom stereocenters. The monoisotopic (exact) mass is 450 g/mol. The first-order chi connectivity index (χ1) is 15.5. The van der Waals surface area contributed by atoms with Gasteiger partial charge in [-0.25, -0.2) is 0 Å². The molecule has 2 aliphatic rings. The summed E-state index contributed by atoms with van der Waals surface area (Å²) in [4.78, 5) is 4.59. The molecule has 0 saturated carbocycles. The molecule has 1 saturated heterocycles. The van der Waals surface area contributed by atoms with Gasteiger partial charge in [-0.15, -0.1) is 0 Å². The molecule has 0 spiro atoms. The number of aliphatic hydroxyl groups excluding tert-OH is 1. The van der Waals surface area contributed by atoms with Crippen molar-refractivity contribution in [1.82, 2.24) is 9.80 Å². The number of aryl methyl sites for hydroxylation is 2. The molecule has 2 unspecified atom stereocenters. The first-order valence-electron chi connectivity index (χ1n) is 12.8. The number of likely N-dealkylation sites (N-methyl/N-ethyl adjacent to an activating group) is 1. The maximum absolute atomic E-state index is 10.0. The normalized spacial score (nSPS) is 16.8. The molecule has 0 aromatic heterocycles. The lowest BCUT2D eigenvalue weighted by atomic mass is 9.98. The van der Waals surface area contributed by atoms with Gasteiger partial charge in [0.1, 0.15) is 0 Å².